The molecule has 1 aliphatic heterocycles. The van der Waals surface area contributed by atoms with Crippen LogP contribution in [0, 0.1) is 5.92 Å². The predicted octanol–water partition coefficient (Wildman–Crippen LogP) is 3.60. The molecule has 9 nitrogen and oxygen atoms in total. The van der Waals surface area contributed by atoms with E-state index in [4.69, 9.17) is 16.3 Å². The van der Waals surface area contributed by atoms with E-state index in [-0.39, 0.29) is 24.4 Å². The van der Waals surface area contributed by atoms with Gasteiger partial charge in [0, 0.05) is 36.1 Å². The molecule has 10 heteroatoms. The Labute approximate surface area is 209 Å². The van der Waals surface area contributed by atoms with Gasteiger partial charge in [-0.25, -0.2) is 19.9 Å². The highest BCUT2D eigenvalue weighted by atomic mass is 35.5. The van der Waals surface area contributed by atoms with Crippen LogP contribution >= 0.6 is 11.6 Å². The van der Waals surface area contributed by atoms with E-state index in [1.165, 1.54) is 0 Å². The highest BCUT2D eigenvalue weighted by Crippen LogP contribution is 2.30. The Morgan fingerprint density at radius 3 is 2.57 bits per heavy atom. The Morgan fingerprint density at radius 2 is 1.86 bits per heavy atom. The molecule has 1 atom stereocenters. The molecule has 0 bridgehead atoms. The van der Waals surface area contributed by atoms with Gasteiger partial charge in [0.05, 0.1) is 25.7 Å². The third kappa shape index (κ3) is 5.97. The van der Waals surface area contributed by atoms with Crippen LogP contribution in [0.2, 0.25) is 5.15 Å². The number of pyridine rings is 2. The minimum atomic E-state index is -0.0278. The number of halogens is 1. The van der Waals surface area contributed by atoms with Crippen LogP contribution in [0.3, 0.4) is 0 Å². The van der Waals surface area contributed by atoms with Crippen LogP contribution in [0.5, 0.6) is 0 Å². The molecule has 5 rings (SSSR count). The Hall–Kier alpha value is -3.04. The highest BCUT2D eigenvalue weighted by Gasteiger charge is 2.26. The van der Waals surface area contributed by atoms with Crippen molar-refractivity contribution in [2.45, 2.75) is 57.2 Å². The fraction of sp³-hybridized carbons (Fsp3) is 0.480. The number of hydrogen-bond donors (Lipinski definition) is 3. The number of aromatic nitrogens is 4. The number of fused-ring (bicyclic) bond motifs is 1. The van der Waals surface area contributed by atoms with E-state index < -0.39 is 0 Å². The number of anilines is 2. The SMILES string of the molecule is C[C@H](Nc1ncc(CC(=O)NC2COC2)cn1)C1CCC(Nc2ccc3ccnc(Cl)c3n2)CC1. The van der Waals surface area contributed by atoms with Crippen molar-refractivity contribution in [2.24, 2.45) is 5.92 Å². The topological polar surface area (TPSA) is 114 Å². The van der Waals surface area contributed by atoms with Crippen LogP contribution in [0.15, 0.2) is 36.8 Å². The normalized spacial score (nSPS) is 21.2. The van der Waals surface area contributed by atoms with E-state index in [0.717, 1.165) is 48.0 Å². The van der Waals surface area contributed by atoms with E-state index in [1.54, 1.807) is 18.6 Å². The fourth-order valence-corrected chi connectivity index (χ4v) is 4.90. The molecule has 4 heterocycles. The van der Waals surface area contributed by atoms with Crippen LogP contribution in [-0.4, -0.2) is 57.2 Å². The predicted molar refractivity (Wildman–Crippen MR) is 135 cm³/mol. The summed E-state index contributed by atoms with van der Waals surface area (Å²) in [7, 11) is 0. The van der Waals surface area contributed by atoms with Crippen molar-refractivity contribution in [1.29, 1.82) is 0 Å². The van der Waals surface area contributed by atoms with Crippen LogP contribution in [-0.2, 0) is 16.0 Å². The van der Waals surface area contributed by atoms with Gasteiger partial charge in [-0.3, -0.25) is 4.79 Å². The maximum atomic E-state index is 12.0. The number of nitrogens with one attached hydrogen (secondary N) is 3. The summed E-state index contributed by atoms with van der Waals surface area (Å²) in [5.41, 5.74) is 1.53. The standard InChI is InChI=1S/C25H30ClN7O2/c1-15(30-25-28-11-16(12-29-25)10-22(34)32-20-13-35-14-20)17-2-5-19(6-3-17)31-21-7-4-18-8-9-27-24(26)23(18)33-21/h4,7-9,11-12,15,17,19-20H,2-3,5-6,10,13-14H2,1H3,(H,31,33)(H,32,34)(H,28,29,30)/t15-,17?,19?/m0/s1. The van der Waals surface area contributed by atoms with Crippen molar-refractivity contribution in [2.75, 3.05) is 23.8 Å². The molecule has 2 fully saturated rings. The number of hydrogen-bond acceptors (Lipinski definition) is 8. The molecular formula is C25H30ClN7O2. The summed E-state index contributed by atoms with van der Waals surface area (Å²) in [5.74, 6) is 1.94. The molecule has 2 aliphatic rings. The summed E-state index contributed by atoms with van der Waals surface area (Å²) in [5, 5.41) is 11.4. The van der Waals surface area contributed by atoms with Crippen molar-refractivity contribution in [3.8, 4) is 0 Å². The number of nitrogens with zero attached hydrogens (tertiary/aromatic N) is 4. The summed E-state index contributed by atoms with van der Waals surface area (Å²) in [4.78, 5) is 29.7. The number of carbonyl (C=O) groups is 1. The molecule has 1 aliphatic carbocycles. The maximum Gasteiger partial charge on any atom is 0.224 e. The van der Waals surface area contributed by atoms with E-state index in [9.17, 15) is 4.79 Å². The van der Waals surface area contributed by atoms with Gasteiger partial charge in [0.15, 0.2) is 5.15 Å². The fourth-order valence-electron chi connectivity index (χ4n) is 4.69. The smallest absolute Gasteiger partial charge is 0.224 e. The lowest BCUT2D eigenvalue weighted by atomic mass is 9.82. The number of rotatable bonds is 8. The first kappa shape index (κ1) is 23.7. The monoisotopic (exact) mass is 495 g/mol. The molecule has 3 N–H and O–H groups in total. The van der Waals surface area contributed by atoms with Gasteiger partial charge in [0.1, 0.15) is 11.3 Å². The molecule has 3 aromatic rings. The molecule has 0 aromatic carbocycles. The quantitative estimate of drug-likeness (QED) is 0.406. The van der Waals surface area contributed by atoms with Crippen molar-refractivity contribution < 1.29 is 9.53 Å². The van der Waals surface area contributed by atoms with Gasteiger partial charge in [0.25, 0.3) is 0 Å². The van der Waals surface area contributed by atoms with E-state index in [0.29, 0.717) is 36.3 Å². The maximum absolute atomic E-state index is 12.0. The average molecular weight is 496 g/mol. The zero-order valence-corrected chi connectivity index (χ0v) is 20.5. The number of carbonyl (C=O) groups excluding carboxylic acids is 1. The molecular weight excluding hydrogens is 466 g/mol. The first-order valence-electron chi connectivity index (χ1n) is 12.2. The van der Waals surface area contributed by atoms with Crippen LogP contribution in [0.4, 0.5) is 11.8 Å². The van der Waals surface area contributed by atoms with Gasteiger partial charge in [-0.15, -0.1) is 0 Å². The first-order valence-corrected chi connectivity index (χ1v) is 12.5. The first-order chi connectivity index (χ1) is 17.0. The van der Waals surface area contributed by atoms with Gasteiger partial charge >= 0.3 is 0 Å². The van der Waals surface area contributed by atoms with Gasteiger partial charge < -0.3 is 20.7 Å². The molecule has 0 radical (unpaired) electrons. The van der Waals surface area contributed by atoms with Crippen molar-refractivity contribution in [1.82, 2.24) is 25.3 Å². The second kappa shape index (κ2) is 10.7. The lowest BCUT2D eigenvalue weighted by Gasteiger charge is -2.33. The molecule has 1 saturated heterocycles. The van der Waals surface area contributed by atoms with Crippen molar-refractivity contribution in [3.05, 3.63) is 47.5 Å². The minimum Gasteiger partial charge on any atom is -0.377 e. The highest BCUT2D eigenvalue weighted by molar-refractivity contribution is 6.33. The third-order valence-corrected chi connectivity index (χ3v) is 7.10. The molecule has 1 saturated carbocycles. The molecule has 0 unspecified atom stereocenters. The Morgan fingerprint density at radius 1 is 1.09 bits per heavy atom. The second-order valence-electron chi connectivity index (χ2n) is 9.45. The zero-order valence-electron chi connectivity index (χ0n) is 19.7. The van der Waals surface area contributed by atoms with Gasteiger partial charge in [-0.1, -0.05) is 11.6 Å². The van der Waals surface area contributed by atoms with Crippen molar-refractivity contribution >= 4 is 40.2 Å². The van der Waals surface area contributed by atoms with E-state index >= 15 is 0 Å². The summed E-state index contributed by atoms with van der Waals surface area (Å²) >= 11 is 6.21. The Bertz CT molecular complexity index is 1160. The zero-order chi connectivity index (χ0) is 24.2. The lowest BCUT2D eigenvalue weighted by molar-refractivity contribution is -0.124. The minimum absolute atomic E-state index is 0.0278. The molecule has 3 aromatic heterocycles. The molecule has 35 heavy (non-hydrogen) atoms. The van der Waals surface area contributed by atoms with Crippen LogP contribution in [0.25, 0.3) is 10.9 Å². The number of ether oxygens (including phenoxy) is 1. The number of amides is 1. The summed E-state index contributed by atoms with van der Waals surface area (Å²) in [6.07, 6.45) is 9.75. The van der Waals surface area contributed by atoms with Gasteiger partial charge in [0.2, 0.25) is 11.9 Å². The van der Waals surface area contributed by atoms with Crippen molar-refractivity contribution in [3.63, 3.8) is 0 Å². The van der Waals surface area contributed by atoms with Gasteiger partial charge in [-0.05, 0) is 62.3 Å². The Balaban J connectivity index is 1.08. The van der Waals surface area contributed by atoms with Crippen LogP contribution < -0.4 is 16.0 Å². The molecule has 0 spiro atoms. The second-order valence-corrected chi connectivity index (χ2v) is 9.81. The Kier molecular flexibility index (Phi) is 7.24. The third-order valence-electron chi connectivity index (χ3n) is 6.82. The largest absolute Gasteiger partial charge is 0.377 e. The summed E-state index contributed by atoms with van der Waals surface area (Å²) < 4.78 is 5.08. The van der Waals surface area contributed by atoms with Gasteiger partial charge in [-0.2, -0.15) is 0 Å². The lowest BCUT2D eigenvalue weighted by Crippen LogP contribution is -2.49. The average Bonchev–Trinajstić information content (AvgIpc) is 2.84. The van der Waals surface area contributed by atoms with E-state index in [1.807, 2.05) is 18.2 Å². The molecule has 184 valence electrons. The molecule has 1 amide bonds. The summed E-state index contributed by atoms with van der Waals surface area (Å²) in [6.45, 7) is 3.37. The van der Waals surface area contributed by atoms with Crippen LogP contribution in [0.1, 0.15) is 38.2 Å². The van der Waals surface area contributed by atoms with E-state index in [2.05, 4.69) is 42.8 Å². The summed E-state index contributed by atoms with van der Waals surface area (Å²) in [6, 6.07) is 6.71.